The first-order valence-electron chi connectivity index (χ1n) is 4.87. The van der Waals surface area contributed by atoms with Crippen molar-refractivity contribution in [3.63, 3.8) is 0 Å². The summed E-state index contributed by atoms with van der Waals surface area (Å²) in [5.74, 6) is -1.96. The molecule has 0 spiro atoms. The number of hydrogen-bond donors (Lipinski definition) is 2. The van der Waals surface area contributed by atoms with Crippen LogP contribution in [0.25, 0.3) is 11.1 Å². The van der Waals surface area contributed by atoms with Gasteiger partial charge in [0.05, 0.1) is 5.56 Å². The van der Waals surface area contributed by atoms with Gasteiger partial charge in [0, 0.05) is 17.3 Å². The molecule has 18 heavy (non-hydrogen) atoms. The Balaban J connectivity index is 2.61. The summed E-state index contributed by atoms with van der Waals surface area (Å²) in [6.45, 7) is 0. The molecule has 0 saturated heterocycles. The maximum Gasteiger partial charge on any atom is 0.338 e. The van der Waals surface area contributed by atoms with Gasteiger partial charge in [0.1, 0.15) is 16.7 Å². The van der Waals surface area contributed by atoms with E-state index in [2.05, 4.69) is 4.98 Å². The number of carboxylic acids is 1. The van der Waals surface area contributed by atoms with Crippen LogP contribution in [0.4, 0.5) is 4.39 Å². The second kappa shape index (κ2) is 4.62. The fourth-order valence-electron chi connectivity index (χ4n) is 1.48. The lowest BCUT2D eigenvalue weighted by Crippen LogP contribution is -1.99. The van der Waals surface area contributed by atoms with Crippen molar-refractivity contribution in [1.29, 1.82) is 0 Å². The molecular weight excluding hydrogens is 261 g/mol. The van der Waals surface area contributed by atoms with Crippen LogP contribution in [0.5, 0.6) is 5.75 Å². The number of phenols is 1. The van der Waals surface area contributed by atoms with Gasteiger partial charge in [-0.15, -0.1) is 0 Å². The number of rotatable bonds is 2. The van der Waals surface area contributed by atoms with E-state index in [1.54, 1.807) is 0 Å². The molecule has 0 unspecified atom stereocenters. The number of aromatic hydroxyl groups is 1. The molecule has 0 saturated carbocycles. The molecular formula is C12H7ClFNO3. The molecule has 0 radical (unpaired) electrons. The summed E-state index contributed by atoms with van der Waals surface area (Å²) in [6, 6.07) is 4.60. The average molecular weight is 268 g/mol. The summed E-state index contributed by atoms with van der Waals surface area (Å²) in [5.41, 5.74) is 0.216. The van der Waals surface area contributed by atoms with Crippen LogP contribution >= 0.6 is 11.6 Å². The number of carbonyl (C=O) groups is 1. The molecule has 4 nitrogen and oxygen atoms in total. The van der Waals surface area contributed by atoms with Crippen LogP contribution in [-0.4, -0.2) is 21.2 Å². The van der Waals surface area contributed by atoms with Crippen LogP contribution in [0.15, 0.2) is 30.5 Å². The van der Waals surface area contributed by atoms with Crippen molar-refractivity contribution >= 4 is 17.6 Å². The molecule has 1 aromatic heterocycles. The summed E-state index contributed by atoms with van der Waals surface area (Å²) in [7, 11) is 0. The van der Waals surface area contributed by atoms with Crippen molar-refractivity contribution < 1.29 is 19.4 Å². The molecule has 1 aromatic carbocycles. The largest absolute Gasteiger partial charge is 0.507 e. The van der Waals surface area contributed by atoms with Gasteiger partial charge in [0.2, 0.25) is 0 Å². The summed E-state index contributed by atoms with van der Waals surface area (Å²) < 4.78 is 13.1. The maximum atomic E-state index is 13.1. The number of benzene rings is 1. The van der Waals surface area contributed by atoms with E-state index < -0.39 is 11.8 Å². The number of hydrogen-bond acceptors (Lipinski definition) is 3. The van der Waals surface area contributed by atoms with Crippen molar-refractivity contribution in [3.8, 4) is 16.9 Å². The van der Waals surface area contributed by atoms with Crippen LogP contribution in [0.1, 0.15) is 10.4 Å². The molecule has 0 aliphatic carbocycles. The first kappa shape index (κ1) is 12.3. The highest BCUT2D eigenvalue weighted by Crippen LogP contribution is 2.31. The van der Waals surface area contributed by atoms with E-state index in [1.807, 2.05) is 0 Å². The number of aromatic carboxylic acids is 1. The molecule has 2 aromatic rings. The average Bonchev–Trinajstić information content (AvgIpc) is 2.33. The monoisotopic (exact) mass is 267 g/mol. The second-order valence-electron chi connectivity index (χ2n) is 3.53. The van der Waals surface area contributed by atoms with Crippen molar-refractivity contribution in [2.45, 2.75) is 0 Å². The fraction of sp³-hybridized carbons (Fsp3) is 0. The first-order chi connectivity index (χ1) is 8.49. The van der Waals surface area contributed by atoms with Crippen LogP contribution in [0.2, 0.25) is 5.15 Å². The lowest BCUT2D eigenvalue weighted by molar-refractivity contribution is 0.0696. The lowest BCUT2D eigenvalue weighted by atomic mass is 10.0. The summed E-state index contributed by atoms with van der Waals surface area (Å²) in [4.78, 5) is 14.6. The summed E-state index contributed by atoms with van der Waals surface area (Å²) in [5, 5.41) is 18.3. The number of phenolic OH excluding ortho intramolecular Hbond substituents is 1. The van der Waals surface area contributed by atoms with Crippen LogP contribution in [0.3, 0.4) is 0 Å². The molecule has 2 N–H and O–H groups in total. The van der Waals surface area contributed by atoms with Gasteiger partial charge in [-0.25, -0.2) is 14.2 Å². The Bertz CT molecular complexity index is 631. The van der Waals surface area contributed by atoms with E-state index in [-0.39, 0.29) is 27.6 Å². The van der Waals surface area contributed by atoms with Crippen molar-refractivity contribution in [3.05, 3.63) is 47.0 Å². The van der Waals surface area contributed by atoms with Crippen LogP contribution in [0, 0.1) is 5.82 Å². The third kappa shape index (κ3) is 2.26. The molecule has 0 fully saturated rings. The summed E-state index contributed by atoms with van der Waals surface area (Å²) >= 11 is 5.62. The Morgan fingerprint density at radius 3 is 2.72 bits per heavy atom. The SMILES string of the molecule is O=C(O)c1cc(-c2cc(F)ccc2O)cnc1Cl. The minimum atomic E-state index is -1.25. The fourth-order valence-corrected chi connectivity index (χ4v) is 1.67. The first-order valence-corrected chi connectivity index (χ1v) is 5.24. The lowest BCUT2D eigenvalue weighted by Gasteiger charge is -2.06. The number of nitrogens with zero attached hydrogens (tertiary/aromatic N) is 1. The van der Waals surface area contributed by atoms with Crippen LogP contribution < -0.4 is 0 Å². The van der Waals surface area contributed by atoms with Crippen LogP contribution in [-0.2, 0) is 0 Å². The zero-order valence-electron chi connectivity index (χ0n) is 8.89. The van der Waals surface area contributed by atoms with Crippen molar-refractivity contribution in [1.82, 2.24) is 4.98 Å². The highest BCUT2D eigenvalue weighted by molar-refractivity contribution is 6.32. The molecule has 0 atom stereocenters. The number of pyridine rings is 1. The third-order valence-electron chi connectivity index (χ3n) is 2.34. The van der Waals surface area contributed by atoms with Crippen molar-refractivity contribution in [2.75, 3.05) is 0 Å². The smallest absolute Gasteiger partial charge is 0.338 e. The van der Waals surface area contributed by atoms with Gasteiger partial charge in [0.25, 0.3) is 0 Å². The Morgan fingerprint density at radius 1 is 1.33 bits per heavy atom. The zero-order chi connectivity index (χ0) is 13.3. The molecule has 0 aliphatic rings. The van der Waals surface area contributed by atoms with E-state index in [4.69, 9.17) is 16.7 Å². The molecule has 0 bridgehead atoms. The van der Waals surface area contributed by atoms with Gasteiger partial charge < -0.3 is 10.2 Å². The minimum Gasteiger partial charge on any atom is -0.507 e. The molecule has 0 amide bonds. The van der Waals surface area contributed by atoms with Gasteiger partial charge in [-0.3, -0.25) is 0 Å². The Labute approximate surface area is 106 Å². The van der Waals surface area contributed by atoms with Crippen molar-refractivity contribution in [2.24, 2.45) is 0 Å². The van der Waals surface area contributed by atoms with Gasteiger partial charge >= 0.3 is 5.97 Å². The highest BCUT2D eigenvalue weighted by Gasteiger charge is 2.13. The molecule has 2 rings (SSSR count). The Kier molecular flexibility index (Phi) is 3.16. The number of aromatic nitrogens is 1. The Hall–Kier alpha value is -2.14. The van der Waals surface area contributed by atoms with E-state index in [1.165, 1.54) is 18.3 Å². The zero-order valence-corrected chi connectivity index (χ0v) is 9.65. The summed E-state index contributed by atoms with van der Waals surface area (Å²) in [6.07, 6.45) is 1.27. The van der Waals surface area contributed by atoms with E-state index in [0.717, 1.165) is 12.1 Å². The second-order valence-corrected chi connectivity index (χ2v) is 3.89. The van der Waals surface area contributed by atoms with Gasteiger partial charge in [-0.05, 0) is 24.3 Å². The predicted octanol–water partition coefficient (Wildman–Crippen LogP) is 2.94. The minimum absolute atomic E-state index is 0.154. The predicted molar refractivity (Wildman–Crippen MR) is 63.3 cm³/mol. The quantitative estimate of drug-likeness (QED) is 0.821. The third-order valence-corrected chi connectivity index (χ3v) is 2.64. The van der Waals surface area contributed by atoms with E-state index in [9.17, 15) is 14.3 Å². The normalized spacial score (nSPS) is 10.3. The van der Waals surface area contributed by atoms with Gasteiger partial charge in [-0.2, -0.15) is 0 Å². The molecule has 0 aliphatic heterocycles. The van der Waals surface area contributed by atoms with Gasteiger partial charge in [0.15, 0.2) is 0 Å². The van der Waals surface area contributed by atoms with E-state index in [0.29, 0.717) is 0 Å². The number of halogens is 2. The topological polar surface area (TPSA) is 70.4 Å². The molecule has 1 heterocycles. The highest BCUT2D eigenvalue weighted by atomic mass is 35.5. The molecule has 92 valence electrons. The maximum absolute atomic E-state index is 13.1. The van der Waals surface area contributed by atoms with Gasteiger partial charge in [-0.1, -0.05) is 11.6 Å². The number of carboxylic acid groups (broad SMARTS) is 1. The van der Waals surface area contributed by atoms with E-state index >= 15 is 0 Å². The molecule has 6 heteroatoms. The Morgan fingerprint density at radius 2 is 2.06 bits per heavy atom. The standard InChI is InChI=1S/C12H7ClFNO3/c13-11-9(12(17)18)3-6(5-15-11)8-4-7(14)1-2-10(8)16/h1-5,16H,(H,17,18).